The Labute approximate surface area is 256 Å². The van der Waals surface area contributed by atoms with Crippen LogP contribution in [0.25, 0.3) is 0 Å². The smallest absolute Gasteiger partial charge is 0.311 e. The van der Waals surface area contributed by atoms with E-state index < -0.39 is 35.8 Å². The summed E-state index contributed by atoms with van der Waals surface area (Å²) in [4.78, 5) is 43.5. The molecule has 0 saturated carbocycles. The van der Waals surface area contributed by atoms with Gasteiger partial charge in [0.05, 0.1) is 19.1 Å². The van der Waals surface area contributed by atoms with E-state index in [0.29, 0.717) is 16.3 Å². The van der Waals surface area contributed by atoms with Crippen LogP contribution in [0.1, 0.15) is 34.2 Å². The van der Waals surface area contributed by atoms with E-state index in [1.807, 2.05) is 79.7 Å². The van der Waals surface area contributed by atoms with E-state index in [0.717, 1.165) is 16.7 Å². The zero-order valence-electron chi connectivity index (χ0n) is 24.0. The molecule has 1 aliphatic rings. The van der Waals surface area contributed by atoms with Gasteiger partial charge in [-0.05, 0) is 47.9 Å². The molecule has 5 rings (SSSR count). The van der Waals surface area contributed by atoms with Gasteiger partial charge >= 0.3 is 5.97 Å². The number of aryl methyl sites for hydroxylation is 1. The molecule has 1 heterocycles. The number of amides is 2. The van der Waals surface area contributed by atoms with Crippen molar-refractivity contribution in [2.45, 2.75) is 31.5 Å². The number of nitrogens with one attached hydrogen (secondary N) is 1. The minimum atomic E-state index is -1.04. The summed E-state index contributed by atoms with van der Waals surface area (Å²) in [6.45, 7) is 1.93. The van der Waals surface area contributed by atoms with Crippen LogP contribution in [0.4, 0.5) is 0 Å². The van der Waals surface area contributed by atoms with Gasteiger partial charge in [0.1, 0.15) is 11.8 Å². The maximum absolute atomic E-state index is 14.2. The number of hydrogen-bond donors (Lipinski definition) is 1. The third kappa shape index (κ3) is 6.73. The van der Waals surface area contributed by atoms with Crippen molar-refractivity contribution in [2.75, 3.05) is 13.7 Å². The van der Waals surface area contributed by atoms with Crippen molar-refractivity contribution >= 4 is 29.4 Å². The van der Waals surface area contributed by atoms with Crippen molar-refractivity contribution in [3.8, 4) is 5.75 Å². The maximum atomic E-state index is 14.2. The van der Waals surface area contributed by atoms with Crippen molar-refractivity contribution in [2.24, 2.45) is 5.92 Å². The number of methoxy groups -OCH3 is 1. The van der Waals surface area contributed by atoms with Gasteiger partial charge in [-0.3, -0.25) is 14.4 Å². The van der Waals surface area contributed by atoms with Crippen LogP contribution in [0.2, 0.25) is 5.02 Å². The molecule has 1 N–H and O–H groups in total. The molecule has 0 spiro atoms. The summed E-state index contributed by atoms with van der Waals surface area (Å²) in [6, 6.07) is 31.2. The molecule has 2 amide bonds. The number of carbonyl (C=O) groups is 3. The molecule has 7 nitrogen and oxygen atoms in total. The Morgan fingerprint density at radius 3 is 2.07 bits per heavy atom. The molecule has 0 aliphatic carbocycles. The molecule has 8 heteroatoms. The largest absolute Gasteiger partial charge is 0.484 e. The van der Waals surface area contributed by atoms with Gasteiger partial charge in [0, 0.05) is 17.5 Å². The van der Waals surface area contributed by atoms with Crippen molar-refractivity contribution < 1.29 is 23.9 Å². The van der Waals surface area contributed by atoms with E-state index in [9.17, 15) is 14.4 Å². The van der Waals surface area contributed by atoms with Crippen LogP contribution in [0.15, 0.2) is 109 Å². The molecule has 1 fully saturated rings. The number of likely N-dealkylation sites (tertiary alicyclic amines) is 1. The molecule has 1 aliphatic heterocycles. The number of hydrogen-bond acceptors (Lipinski definition) is 5. The number of carbonyl (C=O) groups excluding carboxylic acids is 3. The zero-order chi connectivity index (χ0) is 30.3. The van der Waals surface area contributed by atoms with Gasteiger partial charge < -0.3 is 19.7 Å². The molecule has 4 unspecified atom stereocenters. The van der Waals surface area contributed by atoms with Crippen LogP contribution in [0.5, 0.6) is 5.75 Å². The summed E-state index contributed by atoms with van der Waals surface area (Å²) >= 11 is 6.22. The summed E-state index contributed by atoms with van der Waals surface area (Å²) in [5, 5.41) is 3.54. The second-order valence-electron chi connectivity index (χ2n) is 10.5. The molecule has 4 aromatic rings. The lowest BCUT2D eigenvalue weighted by molar-refractivity contribution is -0.148. The average molecular weight is 597 g/mol. The Morgan fingerprint density at radius 1 is 0.814 bits per heavy atom. The highest BCUT2D eigenvalue weighted by molar-refractivity contribution is 6.30. The fourth-order valence-electron chi connectivity index (χ4n) is 5.75. The monoisotopic (exact) mass is 596 g/mol. The topological polar surface area (TPSA) is 84.9 Å². The number of rotatable bonds is 9. The van der Waals surface area contributed by atoms with Crippen molar-refractivity contribution in [3.63, 3.8) is 0 Å². The molecular weight excluding hydrogens is 564 g/mol. The Balaban J connectivity index is 1.60. The van der Waals surface area contributed by atoms with E-state index in [1.165, 1.54) is 12.0 Å². The van der Waals surface area contributed by atoms with Crippen LogP contribution < -0.4 is 10.1 Å². The van der Waals surface area contributed by atoms with Crippen molar-refractivity contribution in [1.29, 1.82) is 0 Å². The number of esters is 1. The molecule has 0 bridgehead atoms. The van der Waals surface area contributed by atoms with Crippen LogP contribution in [0.3, 0.4) is 0 Å². The third-order valence-corrected chi connectivity index (χ3v) is 8.04. The van der Waals surface area contributed by atoms with E-state index in [4.69, 9.17) is 21.1 Å². The van der Waals surface area contributed by atoms with Crippen molar-refractivity contribution in [1.82, 2.24) is 10.2 Å². The Morgan fingerprint density at radius 2 is 1.44 bits per heavy atom. The summed E-state index contributed by atoms with van der Waals surface area (Å²) in [5.41, 5.74) is 3.42. The Kier molecular flexibility index (Phi) is 9.42. The molecule has 43 heavy (non-hydrogen) atoms. The van der Waals surface area contributed by atoms with Crippen LogP contribution in [0, 0.1) is 12.8 Å². The molecule has 0 radical (unpaired) electrons. The molecule has 4 atom stereocenters. The number of halogens is 1. The normalized spacial score (nSPS) is 19.5. The quantitative estimate of drug-likeness (QED) is 0.244. The lowest BCUT2D eigenvalue weighted by Gasteiger charge is -2.31. The Bertz CT molecular complexity index is 1550. The van der Waals surface area contributed by atoms with Crippen LogP contribution in [-0.4, -0.2) is 42.4 Å². The lowest BCUT2D eigenvalue weighted by atomic mass is 9.80. The number of para-hydroxylation sites is 1. The van der Waals surface area contributed by atoms with E-state index in [2.05, 4.69) is 5.32 Å². The van der Waals surface area contributed by atoms with Crippen LogP contribution in [-0.2, 0) is 25.7 Å². The lowest BCUT2D eigenvalue weighted by Crippen LogP contribution is -2.49. The van der Waals surface area contributed by atoms with Gasteiger partial charge in [-0.1, -0.05) is 102 Å². The molecular formula is C35H33ClN2O5. The van der Waals surface area contributed by atoms with Crippen molar-refractivity contribution in [3.05, 3.63) is 136 Å². The van der Waals surface area contributed by atoms with Gasteiger partial charge in [0.15, 0.2) is 6.61 Å². The highest BCUT2D eigenvalue weighted by Crippen LogP contribution is 2.50. The van der Waals surface area contributed by atoms with Gasteiger partial charge in [0.25, 0.3) is 5.91 Å². The highest BCUT2D eigenvalue weighted by atomic mass is 35.5. The van der Waals surface area contributed by atoms with E-state index >= 15 is 0 Å². The molecule has 4 aromatic carbocycles. The second-order valence-corrected chi connectivity index (χ2v) is 11.0. The molecule has 1 saturated heterocycles. The van der Waals surface area contributed by atoms with E-state index in [-0.39, 0.29) is 19.1 Å². The fraction of sp³-hybridized carbons (Fsp3) is 0.229. The van der Waals surface area contributed by atoms with Gasteiger partial charge in [-0.15, -0.1) is 0 Å². The number of nitrogens with zero attached hydrogens (tertiary/aromatic N) is 1. The average Bonchev–Trinajstić information content (AvgIpc) is 3.40. The summed E-state index contributed by atoms with van der Waals surface area (Å²) in [5.74, 6) is -2.41. The van der Waals surface area contributed by atoms with Gasteiger partial charge in [0.2, 0.25) is 5.91 Å². The fourth-order valence-corrected chi connectivity index (χ4v) is 5.88. The van der Waals surface area contributed by atoms with E-state index in [1.54, 1.807) is 36.4 Å². The molecule has 220 valence electrons. The summed E-state index contributed by atoms with van der Waals surface area (Å²) in [6.07, 6.45) is 0. The number of benzene rings is 4. The first kappa shape index (κ1) is 29.9. The second kappa shape index (κ2) is 13.6. The standard InChI is InChI=1S/C35H33ClN2O5/c1-23-13-15-24(16-14-23)21-37-34(40)33-30(25-9-5-3-6-10-25)31(35(41)42-2)32(26-17-19-27(36)20-18-26)38(33)29(39)22-43-28-11-7-4-8-12-28/h3-20,30-33H,21-22H2,1-2H3,(H,37,40). The molecule has 0 aromatic heterocycles. The SMILES string of the molecule is COC(=O)C1C(c2ccccc2)C(C(=O)NCc2ccc(C)cc2)N(C(=O)COc2ccccc2)C1c1ccc(Cl)cc1. The third-order valence-electron chi connectivity index (χ3n) is 7.79. The van der Waals surface area contributed by atoms with Gasteiger partial charge in [-0.25, -0.2) is 0 Å². The predicted octanol–water partition coefficient (Wildman–Crippen LogP) is 5.87. The first-order chi connectivity index (χ1) is 20.9. The number of ether oxygens (including phenoxy) is 2. The summed E-state index contributed by atoms with van der Waals surface area (Å²) in [7, 11) is 1.32. The first-order valence-corrected chi connectivity index (χ1v) is 14.5. The zero-order valence-corrected chi connectivity index (χ0v) is 24.7. The predicted molar refractivity (Wildman–Crippen MR) is 164 cm³/mol. The minimum Gasteiger partial charge on any atom is -0.484 e. The maximum Gasteiger partial charge on any atom is 0.311 e. The first-order valence-electron chi connectivity index (χ1n) is 14.1. The Hall–Kier alpha value is -4.62. The van der Waals surface area contributed by atoms with Gasteiger partial charge in [-0.2, -0.15) is 0 Å². The summed E-state index contributed by atoms with van der Waals surface area (Å²) < 4.78 is 11.2. The highest BCUT2D eigenvalue weighted by Gasteiger charge is 2.58. The van der Waals surface area contributed by atoms with Crippen LogP contribution >= 0.6 is 11.6 Å². The minimum absolute atomic E-state index is 0.258.